The second-order valence-corrected chi connectivity index (χ2v) is 5.34. The van der Waals surface area contributed by atoms with Crippen LogP contribution in [0, 0.1) is 11.3 Å². The lowest BCUT2D eigenvalue weighted by Gasteiger charge is -2.17. The Bertz CT molecular complexity index is 192. The lowest BCUT2D eigenvalue weighted by Crippen LogP contribution is -2.29. The highest BCUT2D eigenvalue weighted by atomic mass is 16.5. The van der Waals surface area contributed by atoms with E-state index < -0.39 is 0 Å². The highest BCUT2D eigenvalue weighted by Gasteiger charge is 2.14. The van der Waals surface area contributed by atoms with Crippen LogP contribution in [0.15, 0.2) is 4.99 Å². The van der Waals surface area contributed by atoms with Crippen LogP contribution in [0.5, 0.6) is 0 Å². The summed E-state index contributed by atoms with van der Waals surface area (Å²) in [5, 5.41) is 0. The maximum absolute atomic E-state index is 5.82. The number of amidine groups is 1. The van der Waals surface area contributed by atoms with Crippen LogP contribution in [0.1, 0.15) is 41.0 Å². The Morgan fingerprint density at radius 1 is 1.33 bits per heavy atom. The van der Waals surface area contributed by atoms with Gasteiger partial charge in [0, 0.05) is 25.2 Å². The fraction of sp³-hybridized carbons (Fsp3) is 0.917. The van der Waals surface area contributed by atoms with Crippen molar-refractivity contribution in [2.24, 2.45) is 22.1 Å². The van der Waals surface area contributed by atoms with Gasteiger partial charge in [-0.3, -0.25) is 4.99 Å². The van der Waals surface area contributed by atoms with Crippen molar-refractivity contribution in [1.29, 1.82) is 0 Å². The van der Waals surface area contributed by atoms with Crippen molar-refractivity contribution in [3.63, 3.8) is 0 Å². The Morgan fingerprint density at radius 2 is 1.93 bits per heavy atom. The van der Waals surface area contributed by atoms with E-state index in [1.54, 1.807) is 0 Å². The van der Waals surface area contributed by atoms with Gasteiger partial charge in [0.2, 0.25) is 0 Å². The first-order chi connectivity index (χ1) is 6.84. The molecular formula is C12H26N2O. The molecule has 0 heterocycles. The lowest BCUT2D eigenvalue weighted by molar-refractivity contribution is 0.109. The van der Waals surface area contributed by atoms with Crippen LogP contribution in [0.25, 0.3) is 0 Å². The molecule has 0 aliphatic heterocycles. The van der Waals surface area contributed by atoms with Crippen molar-refractivity contribution >= 4 is 5.84 Å². The summed E-state index contributed by atoms with van der Waals surface area (Å²) in [4.78, 5) is 4.33. The highest BCUT2D eigenvalue weighted by molar-refractivity contribution is 5.85. The summed E-state index contributed by atoms with van der Waals surface area (Å²) >= 11 is 0. The maximum atomic E-state index is 5.82. The van der Waals surface area contributed by atoms with E-state index >= 15 is 0 Å². The first kappa shape index (κ1) is 14.4. The van der Waals surface area contributed by atoms with Gasteiger partial charge in [-0.25, -0.2) is 0 Å². The maximum Gasteiger partial charge on any atom is 0.0991 e. The molecule has 0 saturated heterocycles. The highest BCUT2D eigenvalue weighted by Crippen LogP contribution is 2.12. The van der Waals surface area contributed by atoms with Gasteiger partial charge in [0.25, 0.3) is 0 Å². The zero-order valence-electron chi connectivity index (χ0n) is 10.8. The Kier molecular flexibility index (Phi) is 6.57. The van der Waals surface area contributed by atoms with Gasteiger partial charge in [0.15, 0.2) is 0 Å². The predicted octanol–water partition coefficient (Wildman–Crippen LogP) is 2.45. The second-order valence-electron chi connectivity index (χ2n) is 5.34. The summed E-state index contributed by atoms with van der Waals surface area (Å²) in [6.45, 7) is 12.9. The molecule has 0 amide bonds. The van der Waals surface area contributed by atoms with Gasteiger partial charge in [-0.2, -0.15) is 0 Å². The summed E-state index contributed by atoms with van der Waals surface area (Å²) in [6.07, 6.45) is 0.948. The molecule has 0 aliphatic rings. The van der Waals surface area contributed by atoms with Crippen molar-refractivity contribution in [2.75, 3.05) is 19.8 Å². The van der Waals surface area contributed by atoms with Crippen molar-refractivity contribution in [1.82, 2.24) is 0 Å². The van der Waals surface area contributed by atoms with Crippen LogP contribution in [-0.4, -0.2) is 25.6 Å². The Hall–Kier alpha value is -0.570. The van der Waals surface area contributed by atoms with Crippen molar-refractivity contribution < 1.29 is 4.74 Å². The van der Waals surface area contributed by atoms with E-state index in [1.165, 1.54) is 0 Å². The molecular weight excluding hydrogens is 188 g/mol. The molecule has 0 spiro atoms. The molecule has 0 rings (SSSR count). The summed E-state index contributed by atoms with van der Waals surface area (Å²) in [5.41, 5.74) is 5.81. The van der Waals surface area contributed by atoms with E-state index in [-0.39, 0.29) is 5.41 Å². The van der Waals surface area contributed by atoms with Gasteiger partial charge < -0.3 is 10.5 Å². The SMILES string of the molecule is CC(C)COCCCN=C(N)C(C)(C)C. The van der Waals surface area contributed by atoms with Crippen LogP contribution in [-0.2, 0) is 4.74 Å². The Balaban J connectivity index is 3.54. The van der Waals surface area contributed by atoms with E-state index in [1.807, 2.05) is 0 Å². The minimum absolute atomic E-state index is 0.0151. The zero-order chi connectivity index (χ0) is 11.9. The number of hydrogen-bond donors (Lipinski definition) is 1. The average Bonchev–Trinajstić information content (AvgIpc) is 2.08. The van der Waals surface area contributed by atoms with Crippen molar-refractivity contribution in [2.45, 2.75) is 41.0 Å². The van der Waals surface area contributed by atoms with Crippen LogP contribution >= 0.6 is 0 Å². The quantitative estimate of drug-likeness (QED) is 0.419. The third-order valence-corrected chi connectivity index (χ3v) is 1.95. The molecule has 2 N–H and O–H groups in total. The summed E-state index contributed by atoms with van der Waals surface area (Å²) in [6, 6.07) is 0. The molecule has 0 saturated carbocycles. The molecule has 3 nitrogen and oxygen atoms in total. The third-order valence-electron chi connectivity index (χ3n) is 1.95. The molecule has 0 bridgehead atoms. The van der Waals surface area contributed by atoms with E-state index in [4.69, 9.17) is 10.5 Å². The van der Waals surface area contributed by atoms with Gasteiger partial charge in [-0.05, 0) is 12.3 Å². The van der Waals surface area contributed by atoms with E-state index in [0.717, 1.165) is 32.0 Å². The monoisotopic (exact) mass is 214 g/mol. The molecule has 90 valence electrons. The number of hydrogen-bond acceptors (Lipinski definition) is 2. The smallest absolute Gasteiger partial charge is 0.0991 e. The molecule has 0 aliphatic carbocycles. The second kappa shape index (κ2) is 6.83. The van der Waals surface area contributed by atoms with E-state index in [2.05, 4.69) is 39.6 Å². The van der Waals surface area contributed by atoms with Gasteiger partial charge in [0.1, 0.15) is 0 Å². The van der Waals surface area contributed by atoms with Gasteiger partial charge in [-0.1, -0.05) is 34.6 Å². The minimum Gasteiger partial charge on any atom is -0.387 e. The largest absolute Gasteiger partial charge is 0.387 e. The normalized spacial score (nSPS) is 13.6. The van der Waals surface area contributed by atoms with Crippen LogP contribution < -0.4 is 5.73 Å². The number of nitrogens with zero attached hydrogens (tertiary/aromatic N) is 1. The van der Waals surface area contributed by atoms with E-state index in [9.17, 15) is 0 Å². The van der Waals surface area contributed by atoms with Crippen molar-refractivity contribution in [3.8, 4) is 0 Å². The number of aliphatic imine (C=N–C) groups is 1. The van der Waals surface area contributed by atoms with Gasteiger partial charge in [-0.15, -0.1) is 0 Å². The molecule has 0 atom stereocenters. The number of ether oxygens (including phenoxy) is 1. The fourth-order valence-corrected chi connectivity index (χ4v) is 0.922. The van der Waals surface area contributed by atoms with Gasteiger partial charge in [0.05, 0.1) is 5.84 Å². The molecule has 0 radical (unpaired) electrons. The summed E-state index contributed by atoms with van der Waals surface area (Å²) in [7, 11) is 0. The minimum atomic E-state index is -0.0151. The van der Waals surface area contributed by atoms with Crippen molar-refractivity contribution in [3.05, 3.63) is 0 Å². The van der Waals surface area contributed by atoms with Crippen LogP contribution in [0.3, 0.4) is 0 Å². The number of nitrogens with two attached hydrogens (primary N) is 1. The Morgan fingerprint density at radius 3 is 2.40 bits per heavy atom. The Labute approximate surface area is 94.1 Å². The average molecular weight is 214 g/mol. The van der Waals surface area contributed by atoms with E-state index in [0.29, 0.717) is 5.92 Å². The first-order valence-corrected chi connectivity index (χ1v) is 5.72. The molecule has 0 fully saturated rings. The standard InChI is InChI=1S/C12H26N2O/c1-10(2)9-15-8-6-7-14-11(13)12(3,4)5/h10H,6-9H2,1-5H3,(H2,13,14). The molecule has 0 aromatic rings. The van der Waals surface area contributed by atoms with Crippen LogP contribution in [0.2, 0.25) is 0 Å². The number of rotatable bonds is 6. The lowest BCUT2D eigenvalue weighted by atomic mass is 9.95. The molecule has 0 aromatic heterocycles. The molecule has 3 heteroatoms. The molecule has 0 aromatic carbocycles. The zero-order valence-corrected chi connectivity index (χ0v) is 10.8. The summed E-state index contributed by atoms with van der Waals surface area (Å²) < 4.78 is 5.45. The predicted molar refractivity (Wildman–Crippen MR) is 66.2 cm³/mol. The third kappa shape index (κ3) is 8.43. The molecule has 0 unspecified atom stereocenters. The first-order valence-electron chi connectivity index (χ1n) is 5.72. The fourth-order valence-electron chi connectivity index (χ4n) is 0.922. The topological polar surface area (TPSA) is 47.6 Å². The van der Waals surface area contributed by atoms with Gasteiger partial charge >= 0.3 is 0 Å². The molecule has 15 heavy (non-hydrogen) atoms. The van der Waals surface area contributed by atoms with Crippen LogP contribution in [0.4, 0.5) is 0 Å². The summed E-state index contributed by atoms with van der Waals surface area (Å²) in [5.74, 6) is 1.33.